The van der Waals surface area contributed by atoms with Gasteiger partial charge in [0.15, 0.2) is 0 Å². The van der Waals surface area contributed by atoms with Gasteiger partial charge in [-0.05, 0) is 148 Å². The molecule has 0 spiro atoms. The maximum Gasteiger partial charge on any atom is 0.143 e. The Hall–Kier alpha value is -9.50. The van der Waals surface area contributed by atoms with Crippen molar-refractivity contribution < 1.29 is 4.42 Å². The molecule has 0 N–H and O–H groups in total. The number of furan rings is 1. The second-order valence-electron chi connectivity index (χ2n) is 18.8. The third-order valence-electron chi connectivity index (χ3n) is 14.6. The monoisotopic (exact) mass is 915 g/mol. The van der Waals surface area contributed by atoms with Crippen LogP contribution in [0.5, 0.6) is 0 Å². The standard InChI is InChI=1S/C70H45NO/c1-3-17-48(18-4-1)68-64-28-10-9-26-61(64)62-41-37-52(45-66(62)69(68)49-19-5-2-6-20-49)50-21-13-23-56(43-50)71(57-24-14-22-53(44-57)60-29-15-30-65-63-27-11-12-31-67(63)72-70(60)65)55-38-34-46(35-39-55)51-36-40-59-54(42-51)33-32-47-16-7-8-25-58(47)59/h1-45H. The van der Waals surface area contributed by atoms with Gasteiger partial charge in [-0.1, -0.05) is 218 Å². The van der Waals surface area contributed by atoms with Gasteiger partial charge in [-0.15, -0.1) is 0 Å². The van der Waals surface area contributed by atoms with Gasteiger partial charge < -0.3 is 9.32 Å². The number of rotatable bonds is 8. The van der Waals surface area contributed by atoms with Crippen molar-refractivity contribution in [2.75, 3.05) is 4.90 Å². The summed E-state index contributed by atoms with van der Waals surface area (Å²) in [5.41, 5.74) is 16.6. The molecule has 0 saturated carbocycles. The van der Waals surface area contributed by atoms with E-state index in [4.69, 9.17) is 4.42 Å². The molecule has 1 aromatic heterocycles. The summed E-state index contributed by atoms with van der Waals surface area (Å²) in [4.78, 5) is 2.39. The first-order valence-corrected chi connectivity index (χ1v) is 24.7. The Morgan fingerprint density at radius 1 is 0.236 bits per heavy atom. The normalized spacial score (nSPS) is 11.6. The van der Waals surface area contributed by atoms with Crippen molar-refractivity contribution in [1.82, 2.24) is 0 Å². The molecule has 0 fully saturated rings. The molecule has 0 saturated heterocycles. The minimum Gasteiger partial charge on any atom is -0.455 e. The summed E-state index contributed by atoms with van der Waals surface area (Å²) in [5.74, 6) is 0. The summed E-state index contributed by atoms with van der Waals surface area (Å²) in [5, 5.41) is 12.2. The van der Waals surface area contributed by atoms with Gasteiger partial charge in [0.1, 0.15) is 11.2 Å². The van der Waals surface area contributed by atoms with Crippen molar-refractivity contribution in [2.45, 2.75) is 0 Å². The number of nitrogens with zero attached hydrogens (tertiary/aromatic N) is 1. The first-order valence-electron chi connectivity index (χ1n) is 24.7. The van der Waals surface area contributed by atoms with Gasteiger partial charge in [-0.2, -0.15) is 0 Å². The molecule has 0 aliphatic heterocycles. The largest absolute Gasteiger partial charge is 0.455 e. The van der Waals surface area contributed by atoms with E-state index in [9.17, 15) is 0 Å². The van der Waals surface area contributed by atoms with Crippen molar-refractivity contribution in [3.8, 4) is 55.6 Å². The minimum absolute atomic E-state index is 0.892. The SMILES string of the molecule is c1ccc(-c2c(-c3ccccc3)c3cc(-c4cccc(N(c5ccc(-c6ccc7c(ccc8ccccc87)c6)cc5)c5cccc(-c6cccc7c6oc6ccccc67)c5)c4)ccc3c3ccccc23)cc1. The van der Waals surface area contributed by atoms with Crippen molar-refractivity contribution in [3.05, 3.63) is 273 Å². The van der Waals surface area contributed by atoms with Gasteiger partial charge in [-0.3, -0.25) is 0 Å². The zero-order chi connectivity index (χ0) is 47.5. The van der Waals surface area contributed by atoms with Crippen molar-refractivity contribution >= 4 is 82.1 Å². The topological polar surface area (TPSA) is 16.4 Å². The Bertz CT molecular complexity index is 4380. The molecule has 0 aliphatic carbocycles. The Morgan fingerprint density at radius 2 is 0.736 bits per heavy atom. The predicted octanol–water partition coefficient (Wildman–Crippen LogP) is 20.0. The lowest BCUT2D eigenvalue weighted by Crippen LogP contribution is -2.10. The van der Waals surface area contributed by atoms with Crippen LogP contribution in [0.25, 0.3) is 121 Å². The summed E-state index contributed by atoms with van der Waals surface area (Å²) in [7, 11) is 0. The fourth-order valence-corrected chi connectivity index (χ4v) is 11.2. The van der Waals surface area contributed by atoms with E-state index >= 15 is 0 Å². The van der Waals surface area contributed by atoms with Crippen molar-refractivity contribution in [3.63, 3.8) is 0 Å². The van der Waals surface area contributed by atoms with Gasteiger partial charge in [0.05, 0.1) is 0 Å². The second kappa shape index (κ2) is 17.2. The summed E-state index contributed by atoms with van der Waals surface area (Å²) < 4.78 is 6.58. The third-order valence-corrected chi connectivity index (χ3v) is 14.6. The molecule has 0 radical (unpaired) electrons. The third kappa shape index (κ3) is 7.03. The lowest BCUT2D eigenvalue weighted by atomic mass is 9.84. The number of anilines is 3. The van der Waals surface area contributed by atoms with Crippen LogP contribution in [-0.2, 0) is 0 Å². The van der Waals surface area contributed by atoms with Crippen LogP contribution in [-0.4, -0.2) is 0 Å². The van der Waals surface area contributed by atoms with Gasteiger partial charge in [0, 0.05) is 33.4 Å². The minimum atomic E-state index is 0.892. The number of fused-ring (bicyclic) bond motifs is 9. The van der Waals surface area contributed by atoms with Crippen LogP contribution in [0, 0.1) is 0 Å². The summed E-state index contributed by atoms with van der Waals surface area (Å²) >= 11 is 0. The zero-order valence-electron chi connectivity index (χ0n) is 39.3. The van der Waals surface area contributed by atoms with E-state index in [-0.39, 0.29) is 0 Å². The highest BCUT2D eigenvalue weighted by atomic mass is 16.3. The molecular weight excluding hydrogens is 871 g/mol. The van der Waals surface area contributed by atoms with E-state index in [0.29, 0.717) is 0 Å². The van der Waals surface area contributed by atoms with Gasteiger partial charge in [0.25, 0.3) is 0 Å². The highest BCUT2D eigenvalue weighted by Crippen LogP contribution is 2.47. The zero-order valence-corrected chi connectivity index (χ0v) is 39.3. The van der Waals surface area contributed by atoms with Gasteiger partial charge in [-0.25, -0.2) is 0 Å². The Balaban J connectivity index is 0.927. The molecule has 0 aliphatic rings. The average Bonchev–Trinajstić information content (AvgIpc) is 3.84. The molecule has 0 atom stereocenters. The molecule has 72 heavy (non-hydrogen) atoms. The van der Waals surface area contributed by atoms with Crippen LogP contribution >= 0.6 is 0 Å². The van der Waals surface area contributed by atoms with Crippen LogP contribution in [0.2, 0.25) is 0 Å². The maximum atomic E-state index is 6.58. The molecule has 0 unspecified atom stereocenters. The van der Waals surface area contributed by atoms with Gasteiger partial charge >= 0.3 is 0 Å². The smallest absolute Gasteiger partial charge is 0.143 e. The predicted molar refractivity (Wildman–Crippen MR) is 306 cm³/mol. The molecule has 2 nitrogen and oxygen atoms in total. The molecule has 0 bridgehead atoms. The summed E-state index contributed by atoms with van der Waals surface area (Å²) in [6.45, 7) is 0. The first kappa shape index (κ1) is 41.5. The molecule has 14 rings (SSSR count). The van der Waals surface area contributed by atoms with E-state index in [0.717, 1.165) is 61.3 Å². The number of hydrogen-bond acceptors (Lipinski definition) is 2. The second-order valence-corrected chi connectivity index (χ2v) is 18.8. The fourth-order valence-electron chi connectivity index (χ4n) is 11.2. The molecule has 14 aromatic rings. The van der Waals surface area contributed by atoms with Crippen molar-refractivity contribution in [2.24, 2.45) is 0 Å². The first-order chi connectivity index (χ1) is 35.7. The Morgan fingerprint density at radius 3 is 1.50 bits per heavy atom. The molecule has 0 amide bonds. The lowest BCUT2D eigenvalue weighted by molar-refractivity contribution is 0.670. The molecule has 336 valence electrons. The van der Waals surface area contributed by atoms with E-state index in [1.807, 2.05) is 6.07 Å². The van der Waals surface area contributed by atoms with Crippen LogP contribution in [0.15, 0.2) is 277 Å². The van der Waals surface area contributed by atoms with Crippen LogP contribution in [0.3, 0.4) is 0 Å². The van der Waals surface area contributed by atoms with E-state index in [1.165, 1.54) is 76.5 Å². The van der Waals surface area contributed by atoms with E-state index < -0.39 is 0 Å². The van der Waals surface area contributed by atoms with Crippen LogP contribution in [0.4, 0.5) is 17.1 Å². The van der Waals surface area contributed by atoms with E-state index in [1.54, 1.807) is 0 Å². The van der Waals surface area contributed by atoms with E-state index in [2.05, 4.69) is 272 Å². The summed E-state index contributed by atoms with van der Waals surface area (Å²) in [6, 6.07) is 99.3. The van der Waals surface area contributed by atoms with Crippen molar-refractivity contribution in [1.29, 1.82) is 0 Å². The number of benzene rings is 13. The highest BCUT2D eigenvalue weighted by Gasteiger charge is 2.21. The van der Waals surface area contributed by atoms with Crippen LogP contribution < -0.4 is 4.90 Å². The highest BCUT2D eigenvalue weighted by molar-refractivity contribution is 6.22. The number of hydrogen-bond donors (Lipinski definition) is 0. The molecule has 13 aromatic carbocycles. The quantitative estimate of drug-likeness (QED) is 0.141. The molecule has 1 heterocycles. The molecular formula is C70H45NO. The van der Waals surface area contributed by atoms with Crippen LogP contribution in [0.1, 0.15) is 0 Å². The molecule has 2 heteroatoms. The Kier molecular flexibility index (Phi) is 9.89. The number of para-hydroxylation sites is 2. The maximum absolute atomic E-state index is 6.58. The summed E-state index contributed by atoms with van der Waals surface area (Å²) in [6.07, 6.45) is 0. The fraction of sp³-hybridized carbons (Fsp3) is 0. The average molecular weight is 916 g/mol. The van der Waals surface area contributed by atoms with Gasteiger partial charge in [0.2, 0.25) is 0 Å². The Labute approximate surface area is 417 Å². The lowest BCUT2D eigenvalue weighted by Gasteiger charge is -2.27.